The van der Waals surface area contributed by atoms with Crippen LogP contribution < -0.4 is 10.1 Å². The van der Waals surface area contributed by atoms with Crippen LogP contribution in [0.15, 0.2) is 79.5 Å². The monoisotopic (exact) mass is 601 g/mol. The standard InChI is InChI=1S/C24H17Br2N3O4S/c1-14-5-7-17(8-6-14)27-24-28-23(30)21(34-24)12-16-10-19(25)22(20(26)11-16)33-13-15-3-2-4-18(9-15)29(31)32/h2-12H,13H2,1H3,(H,27,28,30)/b21-12+. The summed E-state index contributed by atoms with van der Waals surface area (Å²) >= 11 is 8.30. The maximum absolute atomic E-state index is 12.4. The number of benzene rings is 3. The highest BCUT2D eigenvalue weighted by Crippen LogP contribution is 2.37. The number of non-ortho nitro benzene ring substituents is 1. The lowest BCUT2D eigenvalue weighted by atomic mass is 10.2. The molecule has 0 radical (unpaired) electrons. The zero-order chi connectivity index (χ0) is 24.2. The highest BCUT2D eigenvalue weighted by atomic mass is 79.9. The fourth-order valence-electron chi connectivity index (χ4n) is 3.08. The summed E-state index contributed by atoms with van der Waals surface area (Å²) in [6.07, 6.45) is 1.78. The minimum atomic E-state index is -0.439. The first-order valence-corrected chi connectivity index (χ1v) is 12.4. The molecule has 1 aliphatic heterocycles. The number of nitrogens with zero attached hydrogens (tertiary/aromatic N) is 2. The predicted octanol–water partition coefficient (Wildman–Crippen LogP) is 6.90. The van der Waals surface area contributed by atoms with Crippen molar-refractivity contribution >= 4 is 72.1 Å². The number of thioether (sulfide) groups is 1. The Hall–Kier alpha value is -2.95. The fraction of sp³-hybridized carbons (Fsp3) is 0.0833. The van der Waals surface area contributed by atoms with E-state index in [1.54, 1.807) is 18.2 Å². The van der Waals surface area contributed by atoms with Gasteiger partial charge in [-0.3, -0.25) is 14.9 Å². The van der Waals surface area contributed by atoms with Gasteiger partial charge in [0.25, 0.3) is 11.6 Å². The summed E-state index contributed by atoms with van der Waals surface area (Å²) in [5, 5.41) is 14.3. The summed E-state index contributed by atoms with van der Waals surface area (Å²) in [5.41, 5.74) is 3.39. The van der Waals surface area contributed by atoms with E-state index in [1.807, 2.05) is 43.3 Å². The van der Waals surface area contributed by atoms with E-state index < -0.39 is 4.92 Å². The van der Waals surface area contributed by atoms with Crippen LogP contribution in [0, 0.1) is 17.0 Å². The lowest BCUT2D eigenvalue weighted by Crippen LogP contribution is -2.19. The molecule has 0 aromatic heterocycles. The Bertz CT molecular complexity index is 1320. The molecule has 3 aromatic rings. The molecule has 0 aliphatic carbocycles. The van der Waals surface area contributed by atoms with Crippen molar-refractivity contribution in [3.05, 3.63) is 101 Å². The maximum atomic E-state index is 12.4. The van der Waals surface area contributed by atoms with Crippen LogP contribution >= 0.6 is 43.6 Å². The molecule has 0 unspecified atom stereocenters. The number of nitro groups is 1. The Labute approximate surface area is 216 Å². The van der Waals surface area contributed by atoms with E-state index >= 15 is 0 Å². The molecular formula is C24H17Br2N3O4S. The van der Waals surface area contributed by atoms with Crippen LogP contribution in [-0.2, 0) is 11.4 Å². The summed E-state index contributed by atoms with van der Waals surface area (Å²) in [6, 6.07) is 17.7. The normalized spacial score (nSPS) is 15.6. The number of nitro benzene ring substituents is 1. The molecule has 1 aliphatic rings. The number of halogens is 2. The van der Waals surface area contributed by atoms with Crippen LogP contribution in [0.5, 0.6) is 5.75 Å². The van der Waals surface area contributed by atoms with Crippen molar-refractivity contribution in [1.82, 2.24) is 5.32 Å². The first-order valence-electron chi connectivity index (χ1n) is 10.00. The minimum absolute atomic E-state index is 0.0128. The molecule has 4 rings (SSSR count). The van der Waals surface area contributed by atoms with E-state index in [4.69, 9.17) is 4.74 Å². The second-order valence-electron chi connectivity index (χ2n) is 7.35. The van der Waals surface area contributed by atoms with Gasteiger partial charge in [-0.25, -0.2) is 4.99 Å². The lowest BCUT2D eigenvalue weighted by molar-refractivity contribution is -0.384. The molecule has 1 saturated heterocycles. The van der Waals surface area contributed by atoms with Crippen molar-refractivity contribution in [3.63, 3.8) is 0 Å². The van der Waals surface area contributed by atoms with Crippen LogP contribution in [0.25, 0.3) is 6.08 Å². The van der Waals surface area contributed by atoms with Crippen molar-refractivity contribution < 1.29 is 14.5 Å². The number of ether oxygens (including phenoxy) is 1. The molecule has 172 valence electrons. The Morgan fingerprint density at radius 1 is 1.12 bits per heavy atom. The van der Waals surface area contributed by atoms with Gasteiger partial charge >= 0.3 is 0 Å². The first kappa shape index (κ1) is 24.2. The Morgan fingerprint density at radius 3 is 2.50 bits per heavy atom. The highest BCUT2D eigenvalue weighted by Gasteiger charge is 2.24. The molecule has 0 saturated carbocycles. The molecule has 0 spiro atoms. The largest absolute Gasteiger partial charge is 0.487 e. The van der Waals surface area contributed by atoms with E-state index in [2.05, 4.69) is 42.2 Å². The number of hydrogen-bond acceptors (Lipinski definition) is 6. The molecule has 7 nitrogen and oxygen atoms in total. The van der Waals surface area contributed by atoms with E-state index in [0.717, 1.165) is 16.8 Å². The van der Waals surface area contributed by atoms with Gasteiger partial charge in [0.15, 0.2) is 5.17 Å². The molecule has 1 N–H and O–H groups in total. The van der Waals surface area contributed by atoms with Gasteiger partial charge in [-0.05, 0) is 92.0 Å². The third kappa shape index (κ3) is 5.94. The number of amides is 1. The van der Waals surface area contributed by atoms with Crippen LogP contribution in [-0.4, -0.2) is 16.0 Å². The van der Waals surface area contributed by atoms with Crippen molar-refractivity contribution in [2.24, 2.45) is 4.99 Å². The quantitative estimate of drug-likeness (QED) is 0.188. The minimum Gasteiger partial charge on any atom is -0.487 e. The number of aryl methyl sites for hydroxylation is 1. The fourth-order valence-corrected chi connectivity index (χ4v) is 5.38. The second-order valence-corrected chi connectivity index (χ2v) is 10.1. The van der Waals surface area contributed by atoms with Crippen molar-refractivity contribution in [2.75, 3.05) is 0 Å². The Balaban J connectivity index is 1.49. The molecule has 34 heavy (non-hydrogen) atoms. The van der Waals surface area contributed by atoms with Crippen LogP contribution in [0.2, 0.25) is 0 Å². The summed E-state index contributed by atoms with van der Waals surface area (Å²) < 4.78 is 7.24. The molecular weight excluding hydrogens is 586 g/mol. The van der Waals surface area contributed by atoms with E-state index in [-0.39, 0.29) is 18.2 Å². The van der Waals surface area contributed by atoms with E-state index in [0.29, 0.717) is 30.3 Å². The average Bonchev–Trinajstić information content (AvgIpc) is 3.13. The molecule has 1 amide bonds. The Kier molecular flexibility index (Phi) is 7.50. The van der Waals surface area contributed by atoms with Gasteiger partial charge in [0.1, 0.15) is 12.4 Å². The van der Waals surface area contributed by atoms with Crippen molar-refractivity contribution in [3.8, 4) is 5.75 Å². The summed E-state index contributed by atoms with van der Waals surface area (Å²) in [5.74, 6) is 0.341. The van der Waals surface area contributed by atoms with Crippen molar-refractivity contribution in [1.29, 1.82) is 0 Å². The second kappa shape index (κ2) is 10.5. The van der Waals surface area contributed by atoms with Gasteiger partial charge in [-0.15, -0.1) is 0 Å². The zero-order valence-corrected chi connectivity index (χ0v) is 21.7. The number of carbonyl (C=O) groups is 1. The third-order valence-electron chi connectivity index (χ3n) is 4.74. The third-order valence-corrected chi connectivity index (χ3v) is 6.83. The highest BCUT2D eigenvalue weighted by molar-refractivity contribution is 9.11. The van der Waals surface area contributed by atoms with Gasteiger partial charge in [-0.2, -0.15) is 0 Å². The Morgan fingerprint density at radius 2 is 1.82 bits per heavy atom. The number of nitrogens with one attached hydrogen (secondary N) is 1. The van der Waals surface area contributed by atoms with Crippen LogP contribution in [0.1, 0.15) is 16.7 Å². The molecule has 10 heteroatoms. The molecule has 0 bridgehead atoms. The number of aliphatic imine (C=N–C) groups is 1. The number of hydrogen-bond donors (Lipinski definition) is 1. The molecule has 3 aromatic carbocycles. The van der Waals surface area contributed by atoms with Gasteiger partial charge in [0.2, 0.25) is 0 Å². The molecule has 1 heterocycles. The number of carbonyl (C=O) groups excluding carboxylic acids is 1. The first-order chi connectivity index (χ1) is 16.3. The molecule has 1 fully saturated rings. The van der Waals surface area contributed by atoms with Crippen LogP contribution in [0.3, 0.4) is 0 Å². The van der Waals surface area contributed by atoms with Crippen LogP contribution in [0.4, 0.5) is 11.4 Å². The topological polar surface area (TPSA) is 93.8 Å². The summed E-state index contributed by atoms with van der Waals surface area (Å²) in [7, 11) is 0. The van der Waals surface area contributed by atoms with E-state index in [1.165, 1.54) is 23.9 Å². The maximum Gasteiger partial charge on any atom is 0.269 e. The molecule has 0 atom stereocenters. The summed E-state index contributed by atoms with van der Waals surface area (Å²) in [4.78, 5) is 28.0. The summed E-state index contributed by atoms with van der Waals surface area (Å²) in [6.45, 7) is 2.17. The van der Waals surface area contributed by atoms with Crippen molar-refractivity contribution in [2.45, 2.75) is 13.5 Å². The lowest BCUT2D eigenvalue weighted by Gasteiger charge is -2.11. The predicted molar refractivity (Wildman–Crippen MR) is 141 cm³/mol. The van der Waals surface area contributed by atoms with Gasteiger partial charge < -0.3 is 10.1 Å². The van der Waals surface area contributed by atoms with Gasteiger partial charge in [-0.1, -0.05) is 29.8 Å². The SMILES string of the molecule is Cc1ccc(N=C2NC(=O)/C(=C\c3cc(Br)c(OCc4cccc([N+](=O)[O-])c4)c(Br)c3)S2)cc1. The van der Waals surface area contributed by atoms with Gasteiger partial charge in [0.05, 0.1) is 24.5 Å². The average molecular weight is 603 g/mol. The number of amidine groups is 1. The van der Waals surface area contributed by atoms with Gasteiger partial charge in [0, 0.05) is 12.1 Å². The number of rotatable bonds is 6. The van der Waals surface area contributed by atoms with E-state index in [9.17, 15) is 14.9 Å². The smallest absolute Gasteiger partial charge is 0.269 e. The zero-order valence-electron chi connectivity index (χ0n) is 17.7.